The molecular weight excluding hydrogens is 418 g/mol. The van der Waals surface area contributed by atoms with Crippen molar-refractivity contribution in [3.8, 4) is 0 Å². The Labute approximate surface area is 192 Å². The Balaban J connectivity index is 1.95. The standard InChI is InChI=1S/C28H23BF3N/c1-33(2)28-6-4-3-5-21(28)19-27(20-7-13-24(30)14-8-20)29(33,22-9-15-25(31)16-10-22)23-11-17-26(32)18-12-23/h3-19H,1-2H3. The molecule has 1 heterocycles. The number of para-hydroxylation sites is 1. The van der Waals surface area contributed by atoms with E-state index in [1.807, 2.05) is 36.4 Å². The quantitative estimate of drug-likeness (QED) is 0.367. The molecule has 5 rings (SSSR count). The molecule has 0 saturated heterocycles. The zero-order chi connectivity index (χ0) is 23.2. The summed E-state index contributed by atoms with van der Waals surface area (Å²) in [6, 6.07) is 27.7. The van der Waals surface area contributed by atoms with Crippen LogP contribution in [0, 0.1) is 17.5 Å². The summed E-state index contributed by atoms with van der Waals surface area (Å²) in [6.45, 7) is 0. The summed E-state index contributed by atoms with van der Waals surface area (Å²) < 4.78 is 42.4. The molecule has 1 aliphatic rings. The lowest BCUT2D eigenvalue weighted by Gasteiger charge is -2.60. The molecular formula is C28H23BF3N. The molecule has 33 heavy (non-hydrogen) atoms. The lowest BCUT2D eigenvalue weighted by Crippen LogP contribution is -2.80. The minimum absolute atomic E-state index is 0.314. The molecule has 164 valence electrons. The van der Waals surface area contributed by atoms with E-state index in [2.05, 4.69) is 32.3 Å². The number of halogens is 3. The van der Waals surface area contributed by atoms with Gasteiger partial charge in [0.1, 0.15) is 17.5 Å². The average Bonchev–Trinajstić information content (AvgIpc) is 2.81. The highest BCUT2D eigenvalue weighted by Crippen LogP contribution is 2.44. The molecule has 0 unspecified atom stereocenters. The van der Waals surface area contributed by atoms with Gasteiger partial charge in [-0.25, -0.2) is 13.2 Å². The highest BCUT2D eigenvalue weighted by molar-refractivity contribution is 7.16. The van der Waals surface area contributed by atoms with Crippen LogP contribution in [0.15, 0.2) is 97.1 Å². The molecule has 0 radical (unpaired) electrons. The van der Waals surface area contributed by atoms with Crippen LogP contribution in [0.2, 0.25) is 0 Å². The highest BCUT2D eigenvalue weighted by Gasteiger charge is 2.51. The van der Waals surface area contributed by atoms with Crippen LogP contribution >= 0.6 is 0 Å². The predicted octanol–water partition coefficient (Wildman–Crippen LogP) is 5.52. The van der Waals surface area contributed by atoms with E-state index in [1.54, 1.807) is 12.1 Å². The normalized spacial score (nSPS) is 16.1. The van der Waals surface area contributed by atoms with Crippen LogP contribution in [-0.2, 0) is 0 Å². The topological polar surface area (TPSA) is 0 Å². The molecule has 0 aliphatic carbocycles. The van der Waals surface area contributed by atoms with Crippen LogP contribution in [0.4, 0.5) is 18.9 Å². The summed E-state index contributed by atoms with van der Waals surface area (Å²) in [4.78, 5) is 0. The Morgan fingerprint density at radius 2 is 1.03 bits per heavy atom. The molecule has 0 fully saturated rings. The smallest absolute Gasteiger partial charge is 0.295 e. The number of nitrogens with zero attached hydrogens (tertiary/aromatic N) is 1. The first kappa shape index (κ1) is 21.3. The molecule has 5 heteroatoms. The molecule has 1 nitrogen and oxygen atoms in total. The molecule has 0 N–H and O–H groups in total. The lowest BCUT2D eigenvalue weighted by molar-refractivity contribution is 0.609. The van der Waals surface area contributed by atoms with Crippen molar-refractivity contribution in [1.29, 1.82) is 0 Å². The number of fused-ring (bicyclic) bond motifs is 1. The fraction of sp³-hybridized carbons (Fsp3) is 0.0714. The van der Waals surface area contributed by atoms with Gasteiger partial charge in [0.25, 0.3) is 6.28 Å². The lowest BCUT2D eigenvalue weighted by atomic mass is 9.20. The predicted molar refractivity (Wildman–Crippen MR) is 132 cm³/mol. The van der Waals surface area contributed by atoms with Crippen molar-refractivity contribution in [3.63, 3.8) is 0 Å². The van der Waals surface area contributed by atoms with E-state index in [1.165, 1.54) is 36.4 Å². The first-order valence-corrected chi connectivity index (χ1v) is 10.9. The molecule has 4 aromatic rings. The van der Waals surface area contributed by atoms with Gasteiger partial charge in [0.15, 0.2) is 0 Å². The van der Waals surface area contributed by atoms with E-state index in [0.29, 0.717) is 4.39 Å². The van der Waals surface area contributed by atoms with Crippen molar-refractivity contribution in [1.82, 2.24) is 4.39 Å². The van der Waals surface area contributed by atoms with Crippen LogP contribution in [0.25, 0.3) is 11.5 Å². The summed E-state index contributed by atoms with van der Waals surface area (Å²) in [5, 5.41) is 0. The van der Waals surface area contributed by atoms with Gasteiger partial charge in [-0.2, -0.15) is 0 Å². The van der Waals surface area contributed by atoms with Gasteiger partial charge in [0.2, 0.25) is 0 Å². The van der Waals surface area contributed by atoms with Crippen molar-refractivity contribution in [3.05, 3.63) is 126 Å². The highest BCUT2D eigenvalue weighted by atomic mass is 19.1. The fourth-order valence-corrected chi connectivity index (χ4v) is 5.73. The first-order chi connectivity index (χ1) is 15.8. The van der Waals surface area contributed by atoms with Gasteiger partial charge in [-0.1, -0.05) is 60.2 Å². The molecule has 4 aromatic carbocycles. The molecule has 0 saturated carbocycles. The molecule has 0 aromatic heterocycles. The van der Waals surface area contributed by atoms with Gasteiger partial charge in [-0.3, -0.25) is 0 Å². The zero-order valence-corrected chi connectivity index (χ0v) is 18.5. The van der Waals surface area contributed by atoms with Gasteiger partial charge in [0, 0.05) is 19.7 Å². The van der Waals surface area contributed by atoms with Crippen molar-refractivity contribution >= 4 is 34.4 Å². The van der Waals surface area contributed by atoms with Gasteiger partial charge in [0.05, 0.1) is 5.69 Å². The fourth-order valence-electron chi connectivity index (χ4n) is 5.73. The maximum atomic E-state index is 14.0. The van der Waals surface area contributed by atoms with Crippen LogP contribution in [0.5, 0.6) is 0 Å². The second kappa shape index (κ2) is 7.78. The van der Waals surface area contributed by atoms with Gasteiger partial charge >= 0.3 is 0 Å². The van der Waals surface area contributed by atoms with Gasteiger partial charge < -0.3 is 4.39 Å². The zero-order valence-electron chi connectivity index (χ0n) is 18.5. The van der Waals surface area contributed by atoms with E-state index in [4.69, 9.17) is 0 Å². The third kappa shape index (κ3) is 3.23. The number of rotatable bonds is 3. The van der Waals surface area contributed by atoms with Crippen molar-refractivity contribution in [2.45, 2.75) is 0 Å². The Kier molecular flexibility index (Phi) is 5.02. The van der Waals surface area contributed by atoms with Crippen LogP contribution in [0.1, 0.15) is 11.1 Å². The molecule has 0 atom stereocenters. The van der Waals surface area contributed by atoms with Crippen LogP contribution in [0.3, 0.4) is 0 Å². The van der Waals surface area contributed by atoms with E-state index in [9.17, 15) is 13.2 Å². The maximum absolute atomic E-state index is 14.0. The number of hydrogen-bond donors (Lipinski definition) is 0. The average molecular weight is 441 g/mol. The Hall–Kier alpha value is -3.57. The third-order valence-corrected chi connectivity index (χ3v) is 7.17. The van der Waals surface area contributed by atoms with E-state index in [-0.39, 0.29) is 17.5 Å². The summed E-state index contributed by atoms with van der Waals surface area (Å²) in [5.41, 5.74) is 5.83. The largest absolute Gasteiger partial charge is 0.474 e. The maximum Gasteiger partial charge on any atom is 0.295 e. The Bertz CT molecular complexity index is 1300. The number of benzene rings is 4. The molecule has 0 bridgehead atoms. The van der Waals surface area contributed by atoms with Gasteiger partial charge in [-0.15, -0.1) is 16.4 Å². The summed E-state index contributed by atoms with van der Waals surface area (Å²) in [5.74, 6) is -0.957. The minimum atomic E-state index is -1.82. The molecule has 0 spiro atoms. The minimum Gasteiger partial charge on any atom is -0.474 e. The van der Waals surface area contributed by atoms with E-state index >= 15 is 0 Å². The van der Waals surface area contributed by atoms with E-state index in [0.717, 1.165) is 33.2 Å². The third-order valence-electron chi connectivity index (χ3n) is 7.17. The van der Waals surface area contributed by atoms with Crippen molar-refractivity contribution in [2.24, 2.45) is 0 Å². The summed E-state index contributed by atoms with van der Waals surface area (Å²) in [7, 11) is 4.25. The van der Waals surface area contributed by atoms with Crippen molar-refractivity contribution < 1.29 is 13.2 Å². The van der Waals surface area contributed by atoms with Crippen LogP contribution < -0.4 is 15.3 Å². The monoisotopic (exact) mass is 441 g/mol. The molecule has 0 amide bonds. The van der Waals surface area contributed by atoms with Gasteiger partial charge in [-0.05, 0) is 48.5 Å². The summed E-state index contributed by atoms with van der Waals surface area (Å²) >= 11 is 0. The second-order valence-electron chi connectivity index (χ2n) is 9.13. The SMILES string of the molecule is C[N+]1(C)c2ccccc2C=C(c2ccc(F)cc2)[B-]1(c1ccc(F)cc1)c1ccc(F)cc1. The Morgan fingerprint density at radius 3 is 1.55 bits per heavy atom. The van der Waals surface area contributed by atoms with Crippen molar-refractivity contribution in [2.75, 3.05) is 14.1 Å². The second-order valence-corrected chi connectivity index (χ2v) is 9.13. The number of quaternary nitrogens is 1. The van der Waals surface area contributed by atoms with Crippen LogP contribution in [-0.4, -0.2) is 20.4 Å². The Morgan fingerprint density at radius 1 is 0.576 bits per heavy atom. The van der Waals surface area contributed by atoms with E-state index < -0.39 is 6.28 Å². The first-order valence-electron chi connectivity index (χ1n) is 10.9. The molecule has 1 aliphatic heterocycles. The number of hydrogen-bond acceptors (Lipinski definition) is 0. The summed E-state index contributed by atoms with van der Waals surface area (Å²) in [6.07, 6.45) is 0.316.